The number of nitrogens with zero attached hydrogens (tertiary/aromatic N) is 6. The number of hydrogen-bond acceptors (Lipinski definition) is 11. The van der Waals surface area contributed by atoms with Crippen LogP contribution in [0, 0.1) is 11.6 Å². The number of carbonyl (C=O) groups excluding carboxylic acids is 4. The van der Waals surface area contributed by atoms with Crippen molar-refractivity contribution in [2.45, 2.75) is 128 Å². The third kappa shape index (κ3) is 14.4. The van der Waals surface area contributed by atoms with Gasteiger partial charge in [-0.25, -0.2) is 32.7 Å². The Morgan fingerprint density at radius 2 is 1.00 bits per heavy atom. The Kier molecular flexibility index (Phi) is 16.3. The fraction of sp³-hybridized carbons (Fsp3) is 0.478. The highest BCUT2D eigenvalue weighted by atomic mass is 19.4. The molecule has 2 aliphatic heterocycles. The number of aromatic nitrogens is 4. The minimum atomic E-state index is -4.65. The van der Waals surface area contributed by atoms with Crippen LogP contribution in [0.4, 0.5) is 49.1 Å². The molecule has 0 radical (unpaired) electrons. The summed E-state index contributed by atoms with van der Waals surface area (Å²) in [6.07, 6.45) is -10.4. The molecule has 13 nitrogen and oxygen atoms in total. The molecule has 0 saturated carbocycles. The lowest BCUT2D eigenvalue weighted by Crippen LogP contribution is -2.47. The molecular weight excluding hydrogens is 920 g/mol. The molecule has 0 unspecified atom stereocenters. The zero-order valence-corrected chi connectivity index (χ0v) is 37.7. The third-order valence-electron chi connectivity index (χ3n) is 10.3. The molecule has 0 spiro atoms. The summed E-state index contributed by atoms with van der Waals surface area (Å²) in [4.78, 5) is 66.8. The minimum absolute atomic E-state index is 0.00630. The van der Waals surface area contributed by atoms with Gasteiger partial charge in [0.05, 0.1) is 42.3 Å². The molecule has 0 bridgehead atoms. The van der Waals surface area contributed by atoms with Crippen molar-refractivity contribution < 1.29 is 73.3 Å². The first-order valence-electron chi connectivity index (χ1n) is 21.2. The van der Waals surface area contributed by atoms with Crippen molar-refractivity contribution in [2.24, 2.45) is 0 Å². The van der Waals surface area contributed by atoms with Crippen LogP contribution in [0.3, 0.4) is 0 Å². The predicted octanol–water partition coefficient (Wildman–Crippen LogP) is 9.32. The zero-order valence-electron chi connectivity index (χ0n) is 37.7. The van der Waals surface area contributed by atoms with Gasteiger partial charge in [0, 0.05) is 37.1 Å². The van der Waals surface area contributed by atoms with Gasteiger partial charge in [-0.3, -0.25) is 29.4 Å². The minimum Gasteiger partial charge on any atom is -0.444 e. The van der Waals surface area contributed by atoms with Gasteiger partial charge in [0.2, 0.25) is 0 Å². The fourth-order valence-electron chi connectivity index (χ4n) is 7.31. The van der Waals surface area contributed by atoms with Crippen LogP contribution in [0.5, 0.6) is 0 Å². The lowest BCUT2D eigenvalue weighted by Gasteiger charge is -2.28. The number of aliphatic hydroxyl groups is 1. The van der Waals surface area contributed by atoms with E-state index in [-0.39, 0.29) is 74.1 Å². The number of alkyl halides is 7. The van der Waals surface area contributed by atoms with Crippen LogP contribution in [0.1, 0.15) is 89.7 Å². The Morgan fingerprint density at radius 1 is 0.603 bits per heavy atom. The average molecular weight is 969 g/mol. The van der Waals surface area contributed by atoms with E-state index in [9.17, 15) is 63.8 Å². The Labute approximate surface area is 385 Å². The molecule has 4 heterocycles. The summed E-state index contributed by atoms with van der Waals surface area (Å²) in [5, 5.41) is 10.3. The van der Waals surface area contributed by atoms with Crippen LogP contribution in [-0.2, 0) is 44.3 Å². The molecule has 368 valence electrons. The van der Waals surface area contributed by atoms with Gasteiger partial charge in [-0.1, -0.05) is 0 Å². The van der Waals surface area contributed by atoms with Crippen molar-refractivity contribution in [1.29, 1.82) is 0 Å². The van der Waals surface area contributed by atoms with Crippen molar-refractivity contribution in [2.75, 3.05) is 13.1 Å². The molecule has 0 aliphatic carbocycles. The van der Waals surface area contributed by atoms with Gasteiger partial charge < -0.3 is 14.6 Å². The van der Waals surface area contributed by atoms with Crippen LogP contribution < -0.4 is 0 Å². The number of rotatable bonds is 10. The van der Waals surface area contributed by atoms with Crippen LogP contribution in [0.2, 0.25) is 0 Å². The second-order valence-electron chi connectivity index (χ2n) is 18.1. The third-order valence-corrected chi connectivity index (χ3v) is 10.3. The maximum Gasteiger partial charge on any atom is 0.434 e. The highest BCUT2D eigenvalue weighted by molar-refractivity contribution is 5.89. The van der Waals surface area contributed by atoms with Gasteiger partial charge in [-0.05, 0) is 115 Å². The maximum atomic E-state index is 14.4. The Morgan fingerprint density at radius 3 is 1.38 bits per heavy atom. The Hall–Kier alpha value is -6.19. The van der Waals surface area contributed by atoms with Gasteiger partial charge in [0.15, 0.2) is 23.0 Å². The van der Waals surface area contributed by atoms with E-state index in [0.29, 0.717) is 23.5 Å². The first-order chi connectivity index (χ1) is 31.5. The first-order valence-corrected chi connectivity index (χ1v) is 21.2. The Balaban J connectivity index is 0.000000254. The number of hydrogen-bond donors (Lipinski definition) is 1. The summed E-state index contributed by atoms with van der Waals surface area (Å²) in [6, 6.07) is 5.18. The summed E-state index contributed by atoms with van der Waals surface area (Å²) in [7, 11) is 0. The standard InChI is InChI=1S/C23H24F5N3O3.C23H25F4N3O4/c1-22(2,3)34-21(33)31-7-6-16(25)20(31)18(32)5-4-13-8-14(10-15(24)9-13)17-11-30-19(12-29-17)23(26,27)28;1-22(2,3)34-21(33)30-7-6-18(32)20(30)17(31)5-4-13-8-14(10-15(24)9-13)16-11-29-19(12-28-16)23(25,26)27/h8-12,16,20H,4-7H2,1-3H3;8-12,18,20,32H,4-7H2,1-3H3/t16-,20-;18-,20-/m01/s1. The van der Waals surface area contributed by atoms with Gasteiger partial charge >= 0.3 is 24.5 Å². The summed E-state index contributed by atoms with van der Waals surface area (Å²) >= 11 is 0. The molecule has 2 amide bonds. The number of aryl methyl sites for hydroxylation is 2. The number of ketones is 2. The largest absolute Gasteiger partial charge is 0.444 e. The summed E-state index contributed by atoms with van der Waals surface area (Å²) in [6.45, 7) is 10.3. The van der Waals surface area contributed by atoms with E-state index in [2.05, 4.69) is 19.9 Å². The van der Waals surface area contributed by atoms with E-state index in [1.807, 2.05) is 0 Å². The average Bonchev–Trinajstić information content (AvgIpc) is 3.82. The number of amides is 2. The molecule has 6 rings (SSSR count). The second-order valence-corrected chi connectivity index (χ2v) is 18.1. The molecule has 68 heavy (non-hydrogen) atoms. The van der Waals surface area contributed by atoms with E-state index < -0.39 is 94.7 Å². The fourth-order valence-corrected chi connectivity index (χ4v) is 7.31. The molecule has 2 aromatic carbocycles. The number of carbonyl (C=O) groups is 4. The Bertz CT molecular complexity index is 2270. The number of benzene rings is 2. The molecule has 22 heteroatoms. The van der Waals surface area contributed by atoms with Crippen molar-refractivity contribution in [1.82, 2.24) is 29.7 Å². The van der Waals surface area contributed by atoms with Crippen molar-refractivity contribution in [3.8, 4) is 22.5 Å². The number of ether oxygens (including phenoxy) is 2. The van der Waals surface area contributed by atoms with Crippen LogP contribution in [0.15, 0.2) is 61.2 Å². The summed E-state index contributed by atoms with van der Waals surface area (Å²) < 4.78 is 129. The lowest BCUT2D eigenvalue weighted by atomic mass is 9.98. The molecule has 2 saturated heterocycles. The molecular formula is C46H49F9N6O7. The highest BCUT2D eigenvalue weighted by Gasteiger charge is 2.44. The van der Waals surface area contributed by atoms with E-state index in [0.717, 1.165) is 29.4 Å². The normalized spacial score (nSPS) is 18.8. The van der Waals surface area contributed by atoms with Crippen LogP contribution in [-0.4, -0.2) is 107 Å². The van der Waals surface area contributed by atoms with E-state index >= 15 is 0 Å². The van der Waals surface area contributed by atoms with Gasteiger partial charge in [0.25, 0.3) is 0 Å². The van der Waals surface area contributed by atoms with Crippen molar-refractivity contribution >= 4 is 23.8 Å². The zero-order chi connectivity index (χ0) is 50.5. The molecule has 2 fully saturated rings. The van der Waals surface area contributed by atoms with Crippen LogP contribution >= 0.6 is 0 Å². The lowest BCUT2D eigenvalue weighted by molar-refractivity contribution is -0.142. The van der Waals surface area contributed by atoms with Gasteiger partial charge in [-0.2, -0.15) is 26.3 Å². The van der Waals surface area contributed by atoms with Gasteiger partial charge in [-0.15, -0.1) is 0 Å². The van der Waals surface area contributed by atoms with E-state index in [4.69, 9.17) is 9.47 Å². The summed E-state index contributed by atoms with van der Waals surface area (Å²) in [5.74, 6) is -2.27. The molecule has 1 N–H and O–H groups in total. The smallest absolute Gasteiger partial charge is 0.434 e. The van der Waals surface area contributed by atoms with Crippen molar-refractivity contribution in [3.05, 3.63) is 95.3 Å². The quantitative estimate of drug-likeness (QED) is 0.151. The number of aliphatic hydroxyl groups excluding tert-OH is 1. The molecule has 4 aromatic rings. The number of Topliss-reactive ketones (excluding diaryl/α,β-unsaturated/α-hetero) is 2. The monoisotopic (exact) mass is 968 g/mol. The van der Waals surface area contributed by atoms with Gasteiger partial charge in [0.1, 0.15) is 41.1 Å². The predicted molar refractivity (Wildman–Crippen MR) is 225 cm³/mol. The molecule has 2 aromatic heterocycles. The molecule has 2 aliphatic rings. The second kappa shape index (κ2) is 21.0. The molecule has 4 atom stereocenters. The maximum absolute atomic E-state index is 14.4. The highest BCUT2D eigenvalue weighted by Crippen LogP contribution is 2.31. The number of likely N-dealkylation sites (tertiary alicyclic amines) is 2. The van der Waals surface area contributed by atoms with Crippen LogP contribution in [0.25, 0.3) is 22.5 Å². The summed E-state index contributed by atoms with van der Waals surface area (Å²) in [5.41, 5.74) is -2.69. The SMILES string of the molecule is CC(C)(C)OC(=O)N1CC[C@@H](O)[C@H]1C(=O)CCc1cc(F)cc(-c2cnc(C(F)(F)F)cn2)c1.CC(C)(C)OC(=O)N1CC[C@H](F)[C@H]1C(=O)CCc1cc(F)cc(-c2cnc(C(F)(F)F)cn2)c1. The topological polar surface area (TPSA) is 165 Å². The van der Waals surface area contributed by atoms with Crippen molar-refractivity contribution in [3.63, 3.8) is 0 Å². The first kappa shape index (κ1) is 52.8. The number of halogens is 9. The van der Waals surface area contributed by atoms with E-state index in [1.54, 1.807) is 41.5 Å². The van der Waals surface area contributed by atoms with E-state index in [1.165, 1.54) is 29.2 Å².